The van der Waals surface area contributed by atoms with Gasteiger partial charge in [0.05, 0.1) is 5.69 Å². The number of pyridine rings is 1. The zero-order chi connectivity index (χ0) is 14.4. The minimum absolute atomic E-state index is 0.0192. The van der Waals surface area contributed by atoms with E-state index in [1.807, 2.05) is 0 Å². The first kappa shape index (κ1) is 14.4. The quantitative estimate of drug-likeness (QED) is 0.670. The highest BCUT2D eigenvalue weighted by Gasteiger charge is 2.05. The number of hydrogen-bond acceptors (Lipinski definition) is 3. The predicted molar refractivity (Wildman–Crippen MR) is 78.3 cm³/mol. The van der Waals surface area contributed by atoms with Crippen LogP contribution in [-0.2, 0) is 0 Å². The van der Waals surface area contributed by atoms with Crippen LogP contribution in [0.4, 0.5) is 10.5 Å². The van der Waals surface area contributed by atoms with E-state index in [4.69, 9.17) is 27.9 Å². The van der Waals surface area contributed by atoms with Crippen molar-refractivity contribution in [1.29, 1.82) is 0 Å². The normalized spacial score (nSPS) is 9.90. The van der Waals surface area contributed by atoms with Crippen molar-refractivity contribution in [3.63, 3.8) is 0 Å². The Hall–Kier alpha value is -1.98. The van der Waals surface area contributed by atoms with Crippen molar-refractivity contribution in [3.05, 3.63) is 52.8 Å². The number of halogens is 2. The number of carbonyl (C=O) groups excluding carboxylic acids is 1. The monoisotopic (exact) mass is 311 g/mol. The molecule has 2 N–H and O–H groups in total. The highest BCUT2D eigenvalue weighted by Crippen LogP contribution is 2.17. The Labute approximate surface area is 125 Å². The maximum atomic E-state index is 11.6. The summed E-state index contributed by atoms with van der Waals surface area (Å²) in [6.45, 7) is 0.0192. The van der Waals surface area contributed by atoms with Gasteiger partial charge < -0.3 is 15.4 Å². The minimum atomic E-state index is -0.436. The van der Waals surface area contributed by atoms with Crippen LogP contribution in [0.1, 0.15) is 0 Å². The Bertz CT molecular complexity index is 590. The molecular formula is C13H11Cl2N3O2. The van der Waals surface area contributed by atoms with Crippen LogP contribution >= 0.6 is 23.2 Å². The molecule has 0 fully saturated rings. The van der Waals surface area contributed by atoms with Crippen molar-refractivity contribution in [2.45, 2.75) is 0 Å². The molecule has 0 radical (unpaired) electrons. The van der Waals surface area contributed by atoms with E-state index in [0.717, 1.165) is 0 Å². The van der Waals surface area contributed by atoms with Crippen LogP contribution in [0.5, 0.6) is 5.75 Å². The van der Waals surface area contributed by atoms with Crippen LogP contribution in [0.15, 0.2) is 42.6 Å². The Morgan fingerprint density at radius 1 is 1.20 bits per heavy atom. The lowest BCUT2D eigenvalue weighted by Crippen LogP contribution is -2.32. The van der Waals surface area contributed by atoms with Gasteiger partial charge in [0.1, 0.15) is 5.75 Å². The summed E-state index contributed by atoms with van der Waals surface area (Å²) in [7, 11) is 0. The van der Waals surface area contributed by atoms with E-state index in [-0.39, 0.29) is 11.9 Å². The zero-order valence-corrected chi connectivity index (χ0v) is 11.8. The number of aromatic nitrogens is 1. The molecule has 5 nitrogen and oxygen atoms in total. The lowest BCUT2D eigenvalue weighted by molar-refractivity contribution is 0.234. The molecule has 0 atom stereocenters. The third-order valence-electron chi connectivity index (χ3n) is 2.29. The maximum Gasteiger partial charge on any atom is 0.321 e. The second kappa shape index (κ2) is 6.98. The molecule has 2 amide bonds. The van der Waals surface area contributed by atoms with E-state index in [1.165, 1.54) is 6.20 Å². The number of ether oxygens (including phenoxy) is 1. The number of nitrogens with zero attached hydrogens (tertiary/aromatic N) is 1. The van der Waals surface area contributed by atoms with Gasteiger partial charge in [-0.3, -0.25) is 0 Å². The molecule has 0 bridgehead atoms. The van der Waals surface area contributed by atoms with E-state index < -0.39 is 6.03 Å². The Morgan fingerprint density at radius 2 is 1.95 bits per heavy atom. The van der Waals surface area contributed by atoms with Gasteiger partial charge in [0, 0.05) is 11.2 Å². The summed E-state index contributed by atoms with van der Waals surface area (Å²) in [4.78, 5) is 15.4. The van der Waals surface area contributed by atoms with Crippen LogP contribution in [0.25, 0.3) is 0 Å². The summed E-state index contributed by atoms with van der Waals surface area (Å²) >= 11 is 11.6. The van der Waals surface area contributed by atoms with E-state index in [0.29, 0.717) is 16.5 Å². The van der Waals surface area contributed by atoms with Gasteiger partial charge in [0.15, 0.2) is 11.9 Å². The Balaban J connectivity index is 1.78. The number of carbonyl (C=O) groups is 1. The van der Waals surface area contributed by atoms with E-state index in [2.05, 4.69) is 15.6 Å². The highest BCUT2D eigenvalue weighted by molar-refractivity contribution is 6.32. The molecule has 104 valence electrons. The fraction of sp³-hybridized carbons (Fsp3) is 0.0769. The average Bonchev–Trinajstić information content (AvgIpc) is 2.44. The molecule has 7 heteroatoms. The third kappa shape index (κ3) is 4.29. The van der Waals surface area contributed by atoms with Crippen molar-refractivity contribution < 1.29 is 9.53 Å². The summed E-state index contributed by atoms with van der Waals surface area (Å²) in [5.74, 6) is 0.606. The summed E-state index contributed by atoms with van der Waals surface area (Å²) in [5.41, 5.74) is 0.429. The van der Waals surface area contributed by atoms with Crippen molar-refractivity contribution in [1.82, 2.24) is 10.3 Å². The molecule has 1 heterocycles. The van der Waals surface area contributed by atoms with Crippen LogP contribution in [0.3, 0.4) is 0 Å². The predicted octanol–water partition coefficient (Wildman–Crippen LogP) is 3.55. The van der Waals surface area contributed by atoms with Gasteiger partial charge in [-0.25, -0.2) is 9.78 Å². The second-order valence-corrected chi connectivity index (χ2v) is 4.51. The average molecular weight is 312 g/mol. The fourth-order valence-electron chi connectivity index (χ4n) is 1.36. The van der Waals surface area contributed by atoms with Gasteiger partial charge >= 0.3 is 6.03 Å². The molecule has 0 spiro atoms. The van der Waals surface area contributed by atoms with Gasteiger partial charge in [0.25, 0.3) is 0 Å². The highest BCUT2D eigenvalue weighted by atomic mass is 35.5. The second-order valence-electron chi connectivity index (χ2n) is 3.72. The number of anilines is 1. The Morgan fingerprint density at radius 3 is 2.65 bits per heavy atom. The van der Waals surface area contributed by atoms with Gasteiger partial charge in [-0.05, 0) is 36.4 Å². The summed E-state index contributed by atoms with van der Waals surface area (Å²) in [5, 5.41) is 5.93. The number of urea groups is 1. The molecule has 0 unspecified atom stereocenters. The van der Waals surface area contributed by atoms with Gasteiger partial charge in [-0.1, -0.05) is 23.2 Å². The SMILES string of the molecule is O=C(NCOc1ccc(Cl)cc1)Nc1cccnc1Cl. The maximum absolute atomic E-state index is 11.6. The van der Waals surface area contributed by atoms with Crippen LogP contribution in [0.2, 0.25) is 10.2 Å². The minimum Gasteiger partial charge on any atom is -0.473 e. The molecule has 0 saturated heterocycles. The summed E-state index contributed by atoms with van der Waals surface area (Å²) in [6, 6.07) is 9.70. The van der Waals surface area contributed by atoms with Crippen molar-refractivity contribution in [2.24, 2.45) is 0 Å². The van der Waals surface area contributed by atoms with Gasteiger partial charge in [-0.15, -0.1) is 0 Å². The smallest absolute Gasteiger partial charge is 0.321 e. The first-order valence-electron chi connectivity index (χ1n) is 5.69. The first-order valence-corrected chi connectivity index (χ1v) is 6.44. The molecular weight excluding hydrogens is 301 g/mol. The number of hydrogen-bond donors (Lipinski definition) is 2. The number of nitrogens with one attached hydrogen (secondary N) is 2. The molecule has 1 aromatic carbocycles. The van der Waals surface area contributed by atoms with E-state index >= 15 is 0 Å². The molecule has 2 rings (SSSR count). The number of rotatable bonds is 4. The molecule has 1 aromatic heterocycles. The van der Waals surface area contributed by atoms with Gasteiger partial charge in [0.2, 0.25) is 0 Å². The van der Waals surface area contributed by atoms with E-state index in [9.17, 15) is 4.79 Å². The lowest BCUT2D eigenvalue weighted by atomic mass is 10.3. The topological polar surface area (TPSA) is 63.2 Å². The molecule has 0 aliphatic heterocycles. The van der Waals surface area contributed by atoms with Crippen molar-refractivity contribution >= 4 is 34.9 Å². The molecule has 2 aromatic rings. The largest absolute Gasteiger partial charge is 0.473 e. The fourth-order valence-corrected chi connectivity index (χ4v) is 1.65. The molecule has 20 heavy (non-hydrogen) atoms. The zero-order valence-electron chi connectivity index (χ0n) is 10.3. The standard InChI is InChI=1S/C13H11Cl2N3O2/c14-9-3-5-10(6-4-9)20-8-17-13(19)18-11-2-1-7-16-12(11)15/h1-7H,8H2,(H2,17,18,19). The van der Waals surface area contributed by atoms with Crippen LogP contribution in [0, 0.1) is 0 Å². The lowest BCUT2D eigenvalue weighted by Gasteiger charge is -2.09. The first-order chi connectivity index (χ1) is 9.65. The molecule has 0 aliphatic carbocycles. The summed E-state index contributed by atoms with van der Waals surface area (Å²) < 4.78 is 5.32. The molecule has 0 aliphatic rings. The van der Waals surface area contributed by atoms with Crippen LogP contribution in [-0.4, -0.2) is 17.7 Å². The van der Waals surface area contributed by atoms with Gasteiger partial charge in [-0.2, -0.15) is 0 Å². The number of benzene rings is 1. The van der Waals surface area contributed by atoms with E-state index in [1.54, 1.807) is 36.4 Å². The van der Waals surface area contributed by atoms with Crippen LogP contribution < -0.4 is 15.4 Å². The molecule has 0 saturated carbocycles. The van der Waals surface area contributed by atoms with Crippen molar-refractivity contribution in [2.75, 3.05) is 12.0 Å². The third-order valence-corrected chi connectivity index (χ3v) is 2.85. The van der Waals surface area contributed by atoms with Crippen molar-refractivity contribution in [3.8, 4) is 5.75 Å². The Kier molecular flexibility index (Phi) is 5.03. The summed E-state index contributed by atoms with van der Waals surface area (Å²) in [6.07, 6.45) is 1.54. The number of amides is 2.